The van der Waals surface area contributed by atoms with Crippen LogP contribution >= 0.6 is 0 Å². The lowest BCUT2D eigenvalue weighted by atomic mass is 9.89. The second-order valence-corrected chi connectivity index (χ2v) is 5.34. The number of aromatic carboxylic acids is 1. The lowest BCUT2D eigenvalue weighted by molar-refractivity contribution is 0.0696. The highest BCUT2D eigenvalue weighted by Gasteiger charge is 2.20. The van der Waals surface area contributed by atoms with E-state index in [0.29, 0.717) is 17.6 Å². The standard InChI is InChI=1S/C14H21N3O2/c1-10-15-8-12(14(18)19)13(16-10)17(2)9-11-6-4-3-5-7-11/h8,11H,3-7,9H2,1-2H3,(H,18,19). The number of carboxylic acid groups (broad SMARTS) is 1. The third-order valence-corrected chi connectivity index (χ3v) is 3.74. The van der Waals surface area contributed by atoms with E-state index in [4.69, 9.17) is 0 Å². The zero-order valence-corrected chi connectivity index (χ0v) is 11.6. The molecular weight excluding hydrogens is 242 g/mol. The van der Waals surface area contributed by atoms with Crippen LogP contribution in [0.5, 0.6) is 0 Å². The first kappa shape index (κ1) is 13.8. The van der Waals surface area contributed by atoms with Gasteiger partial charge in [-0.3, -0.25) is 0 Å². The van der Waals surface area contributed by atoms with Gasteiger partial charge in [-0.15, -0.1) is 0 Å². The van der Waals surface area contributed by atoms with E-state index in [2.05, 4.69) is 9.97 Å². The van der Waals surface area contributed by atoms with E-state index in [1.807, 2.05) is 11.9 Å². The highest BCUT2D eigenvalue weighted by Crippen LogP contribution is 2.26. The van der Waals surface area contributed by atoms with Crippen LogP contribution in [-0.2, 0) is 0 Å². The predicted octanol–water partition coefficient (Wildman–Crippen LogP) is 2.50. The number of anilines is 1. The molecular formula is C14H21N3O2. The van der Waals surface area contributed by atoms with Gasteiger partial charge in [0.2, 0.25) is 0 Å². The van der Waals surface area contributed by atoms with E-state index >= 15 is 0 Å². The number of carbonyl (C=O) groups is 1. The molecule has 19 heavy (non-hydrogen) atoms. The maximum atomic E-state index is 11.2. The molecule has 0 atom stereocenters. The average Bonchev–Trinajstić information content (AvgIpc) is 2.39. The van der Waals surface area contributed by atoms with E-state index in [-0.39, 0.29) is 5.56 Å². The van der Waals surface area contributed by atoms with Crippen LogP contribution in [-0.4, -0.2) is 34.6 Å². The van der Waals surface area contributed by atoms with Crippen molar-refractivity contribution in [2.24, 2.45) is 5.92 Å². The lowest BCUT2D eigenvalue weighted by Crippen LogP contribution is -2.29. The normalized spacial score (nSPS) is 16.3. The molecule has 1 aromatic rings. The van der Waals surface area contributed by atoms with E-state index in [9.17, 15) is 9.90 Å². The molecule has 0 aromatic carbocycles. The molecule has 1 heterocycles. The Labute approximate surface area is 113 Å². The van der Waals surface area contributed by atoms with Gasteiger partial charge in [-0.1, -0.05) is 19.3 Å². The first-order chi connectivity index (χ1) is 9.08. The Morgan fingerprint density at radius 3 is 2.74 bits per heavy atom. The molecule has 0 bridgehead atoms. The Morgan fingerprint density at radius 1 is 1.42 bits per heavy atom. The zero-order valence-electron chi connectivity index (χ0n) is 11.6. The predicted molar refractivity (Wildman–Crippen MR) is 73.6 cm³/mol. The summed E-state index contributed by atoms with van der Waals surface area (Å²) in [5.41, 5.74) is 0.184. The summed E-state index contributed by atoms with van der Waals surface area (Å²) in [6.07, 6.45) is 7.76. The van der Waals surface area contributed by atoms with Crippen molar-refractivity contribution in [3.05, 3.63) is 17.6 Å². The molecule has 1 aromatic heterocycles. The van der Waals surface area contributed by atoms with Gasteiger partial charge in [0.25, 0.3) is 0 Å². The molecule has 0 aliphatic heterocycles. The van der Waals surface area contributed by atoms with Crippen LogP contribution in [0.2, 0.25) is 0 Å². The quantitative estimate of drug-likeness (QED) is 0.904. The van der Waals surface area contributed by atoms with Gasteiger partial charge in [-0.2, -0.15) is 0 Å². The highest BCUT2D eigenvalue weighted by atomic mass is 16.4. The van der Waals surface area contributed by atoms with Crippen molar-refractivity contribution in [2.45, 2.75) is 39.0 Å². The topological polar surface area (TPSA) is 66.3 Å². The van der Waals surface area contributed by atoms with Crippen molar-refractivity contribution in [1.29, 1.82) is 0 Å². The number of nitrogens with zero attached hydrogens (tertiary/aromatic N) is 3. The summed E-state index contributed by atoms with van der Waals surface area (Å²) < 4.78 is 0. The molecule has 0 amide bonds. The summed E-state index contributed by atoms with van der Waals surface area (Å²) in [5, 5.41) is 9.20. The number of aromatic nitrogens is 2. The lowest BCUT2D eigenvalue weighted by Gasteiger charge is -2.28. The summed E-state index contributed by atoms with van der Waals surface area (Å²) >= 11 is 0. The minimum absolute atomic E-state index is 0.184. The van der Waals surface area contributed by atoms with Crippen molar-refractivity contribution in [3.63, 3.8) is 0 Å². The van der Waals surface area contributed by atoms with Gasteiger partial charge >= 0.3 is 5.97 Å². The fraction of sp³-hybridized carbons (Fsp3) is 0.643. The van der Waals surface area contributed by atoms with Crippen molar-refractivity contribution in [2.75, 3.05) is 18.5 Å². The SMILES string of the molecule is Cc1ncc(C(=O)O)c(N(C)CC2CCCCC2)n1. The van der Waals surface area contributed by atoms with Crippen LogP contribution in [0, 0.1) is 12.8 Å². The van der Waals surface area contributed by atoms with Crippen LogP contribution in [0.4, 0.5) is 5.82 Å². The second kappa shape index (κ2) is 5.99. The molecule has 1 N–H and O–H groups in total. The third kappa shape index (κ3) is 3.43. The van der Waals surface area contributed by atoms with Gasteiger partial charge in [0, 0.05) is 19.8 Å². The van der Waals surface area contributed by atoms with Gasteiger partial charge in [0.05, 0.1) is 0 Å². The van der Waals surface area contributed by atoms with Gasteiger partial charge in [-0.05, 0) is 25.7 Å². The van der Waals surface area contributed by atoms with Gasteiger partial charge in [0.15, 0.2) is 0 Å². The van der Waals surface area contributed by atoms with Gasteiger partial charge < -0.3 is 10.0 Å². The number of hydrogen-bond acceptors (Lipinski definition) is 4. The van der Waals surface area contributed by atoms with Crippen molar-refractivity contribution in [3.8, 4) is 0 Å². The maximum Gasteiger partial charge on any atom is 0.341 e. The monoisotopic (exact) mass is 263 g/mol. The Bertz CT molecular complexity index is 456. The number of hydrogen-bond donors (Lipinski definition) is 1. The molecule has 2 rings (SSSR count). The van der Waals surface area contributed by atoms with Crippen molar-refractivity contribution >= 4 is 11.8 Å². The van der Waals surface area contributed by atoms with Crippen LogP contribution in [0.25, 0.3) is 0 Å². The van der Waals surface area contributed by atoms with Crippen LogP contribution in [0.3, 0.4) is 0 Å². The molecule has 0 saturated heterocycles. The molecule has 0 unspecified atom stereocenters. The number of carboxylic acids is 1. The number of rotatable bonds is 4. The average molecular weight is 263 g/mol. The highest BCUT2D eigenvalue weighted by molar-refractivity contribution is 5.92. The van der Waals surface area contributed by atoms with Crippen LogP contribution in [0.15, 0.2) is 6.20 Å². The number of aryl methyl sites for hydroxylation is 1. The van der Waals surface area contributed by atoms with E-state index in [0.717, 1.165) is 6.54 Å². The van der Waals surface area contributed by atoms with Crippen molar-refractivity contribution in [1.82, 2.24) is 9.97 Å². The van der Waals surface area contributed by atoms with Gasteiger partial charge in [-0.25, -0.2) is 14.8 Å². The summed E-state index contributed by atoms with van der Waals surface area (Å²) in [6, 6.07) is 0. The summed E-state index contributed by atoms with van der Waals surface area (Å²) in [4.78, 5) is 21.5. The molecule has 0 spiro atoms. The van der Waals surface area contributed by atoms with E-state index in [1.165, 1.54) is 38.3 Å². The molecule has 0 radical (unpaired) electrons. The minimum Gasteiger partial charge on any atom is -0.477 e. The van der Waals surface area contributed by atoms with Crippen LogP contribution < -0.4 is 4.90 Å². The third-order valence-electron chi connectivity index (χ3n) is 3.74. The van der Waals surface area contributed by atoms with Gasteiger partial charge in [0.1, 0.15) is 17.2 Å². The van der Waals surface area contributed by atoms with Crippen LogP contribution in [0.1, 0.15) is 48.3 Å². The Kier molecular flexibility index (Phi) is 4.35. The maximum absolute atomic E-state index is 11.2. The Balaban J connectivity index is 2.14. The summed E-state index contributed by atoms with van der Waals surface area (Å²) in [6.45, 7) is 2.65. The molecule has 1 aliphatic rings. The van der Waals surface area contributed by atoms with E-state index < -0.39 is 5.97 Å². The first-order valence-corrected chi connectivity index (χ1v) is 6.86. The molecule has 5 heteroatoms. The van der Waals surface area contributed by atoms with E-state index in [1.54, 1.807) is 6.92 Å². The molecule has 1 saturated carbocycles. The summed E-state index contributed by atoms with van der Waals surface area (Å²) in [7, 11) is 1.92. The summed E-state index contributed by atoms with van der Waals surface area (Å²) in [5.74, 6) is 0.822. The Morgan fingerprint density at radius 2 is 2.11 bits per heavy atom. The molecule has 1 aliphatic carbocycles. The minimum atomic E-state index is -0.967. The molecule has 5 nitrogen and oxygen atoms in total. The van der Waals surface area contributed by atoms with Crippen molar-refractivity contribution < 1.29 is 9.90 Å². The zero-order chi connectivity index (χ0) is 13.8. The largest absolute Gasteiger partial charge is 0.477 e. The fourth-order valence-electron chi connectivity index (χ4n) is 2.74. The Hall–Kier alpha value is -1.65. The smallest absolute Gasteiger partial charge is 0.341 e. The molecule has 1 fully saturated rings. The first-order valence-electron chi connectivity index (χ1n) is 6.86. The second-order valence-electron chi connectivity index (χ2n) is 5.34. The fourth-order valence-corrected chi connectivity index (χ4v) is 2.74. The molecule has 104 valence electrons.